The Morgan fingerprint density at radius 2 is 2.08 bits per heavy atom. The fraction of sp³-hybridized carbons (Fsp3) is 0.278. The molecule has 3 aromatic rings. The second-order valence-electron chi connectivity index (χ2n) is 6.33. The molecule has 6 nitrogen and oxygen atoms in total. The van der Waals surface area contributed by atoms with Crippen LogP contribution in [0.4, 0.5) is 0 Å². The average Bonchev–Trinajstić information content (AvgIpc) is 2.97. The molecule has 1 fully saturated rings. The molecular weight excluding hydrogens is 304 g/mol. The number of hydrogen-bond donors (Lipinski definition) is 0. The van der Waals surface area contributed by atoms with E-state index in [0.29, 0.717) is 25.2 Å². The van der Waals surface area contributed by atoms with Crippen LogP contribution in [0.3, 0.4) is 0 Å². The minimum Gasteiger partial charge on any atom is -0.338 e. The van der Waals surface area contributed by atoms with Crippen LogP contribution in [-0.2, 0) is 6.54 Å². The van der Waals surface area contributed by atoms with Crippen LogP contribution in [0.1, 0.15) is 16.1 Å². The maximum atomic E-state index is 12.5. The van der Waals surface area contributed by atoms with Gasteiger partial charge in [0.2, 0.25) is 0 Å². The quantitative estimate of drug-likeness (QED) is 0.735. The Bertz CT molecular complexity index is 933. The van der Waals surface area contributed by atoms with E-state index in [1.54, 1.807) is 6.07 Å². The summed E-state index contributed by atoms with van der Waals surface area (Å²) in [6.45, 7) is 3.74. The fourth-order valence-electron chi connectivity index (χ4n) is 3.13. The number of likely N-dealkylation sites (tertiary alicyclic amines) is 1. The van der Waals surface area contributed by atoms with Crippen molar-refractivity contribution in [3.63, 3.8) is 0 Å². The van der Waals surface area contributed by atoms with Gasteiger partial charge >= 0.3 is 0 Å². The summed E-state index contributed by atoms with van der Waals surface area (Å²) in [6, 6.07) is 11.0. The highest BCUT2D eigenvalue weighted by Crippen LogP contribution is 2.21. The number of amides is 1. The lowest BCUT2D eigenvalue weighted by atomic mass is 9.99. The lowest BCUT2D eigenvalue weighted by Crippen LogP contribution is -2.52. The number of aromatic nitrogens is 3. The summed E-state index contributed by atoms with van der Waals surface area (Å²) >= 11 is 0. The van der Waals surface area contributed by atoms with E-state index >= 15 is 0 Å². The summed E-state index contributed by atoms with van der Waals surface area (Å²) in [4.78, 5) is 26.2. The zero-order valence-corrected chi connectivity index (χ0v) is 13.4. The molecule has 4 rings (SSSR count). The van der Waals surface area contributed by atoms with Gasteiger partial charge in [-0.05, 0) is 31.2 Å². The first-order valence-corrected chi connectivity index (χ1v) is 8.01. The fourth-order valence-corrected chi connectivity index (χ4v) is 3.13. The number of aryl methyl sites for hydroxylation is 1. The van der Waals surface area contributed by atoms with Crippen LogP contribution in [0, 0.1) is 12.8 Å². The molecule has 0 spiro atoms. The molecule has 0 aromatic carbocycles. The second kappa shape index (κ2) is 5.63. The van der Waals surface area contributed by atoms with Gasteiger partial charge in [0.05, 0.1) is 17.8 Å². The Labute approximate surface area is 138 Å². The lowest BCUT2D eigenvalue weighted by molar-refractivity contribution is 0.0458. The second-order valence-corrected chi connectivity index (χ2v) is 6.33. The van der Waals surface area contributed by atoms with Gasteiger partial charge in [-0.1, -0.05) is 6.07 Å². The number of pyridine rings is 1. The van der Waals surface area contributed by atoms with Crippen LogP contribution in [0.15, 0.2) is 53.6 Å². The summed E-state index contributed by atoms with van der Waals surface area (Å²) in [5, 5.41) is 4.25. The minimum atomic E-state index is -0.0935. The van der Waals surface area contributed by atoms with Crippen molar-refractivity contribution >= 4 is 11.4 Å². The van der Waals surface area contributed by atoms with Gasteiger partial charge in [-0.15, -0.1) is 0 Å². The molecule has 0 saturated carbocycles. The van der Waals surface area contributed by atoms with Gasteiger partial charge in [0, 0.05) is 43.0 Å². The predicted octanol–water partition coefficient (Wildman–Crippen LogP) is 1.58. The highest BCUT2D eigenvalue weighted by molar-refractivity contribution is 5.96. The summed E-state index contributed by atoms with van der Waals surface area (Å²) in [6.07, 6.45) is 3.79. The third kappa shape index (κ3) is 2.60. The SMILES string of the molecule is Cc1ccc(=O)n(CC2CN(C(=O)c3cc4ccccn4c3)C2)n1. The van der Waals surface area contributed by atoms with Gasteiger partial charge in [-0.3, -0.25) is 9.59 Å². The molecule has 6 heteroatoms. The van der Waals surface area contributed by atoms with Crippen LogP contribution in [0.2, 0.25) is 0 Å². The number of rotatable bonds is 3. The Morgan fingerprint density at radius 1 is 1.25 bits per heavy atom. The molecule has 4 heterocycles. The molecule has 0 N–H and O–H groups in total. The Balaban J connectivity index is 1.42. The van der Waals surface area contributed by atoms with Crippen molar-refractivity contribution in [1.82, 2.24) is 19.1 Å². The number of fused-ring (bicyclic) bond motifs is 1. The van der Waals surface area contributed by atoms with Crippen molar-refractivity contribution in [3.05, 3.63) is 70.4 Å². The van der Waals surface area contributed by atoms with E-state index in [9.17, 15) is 9.59 Å². The Kier molecular flexibility index (Phi) is 3.45. The van der Waals surface area contributed by atoms with Gasteiger partial charge < -0.3 is 9.30 Å². The third-order valence-corrected chi connectivity index (χ3v) is 4.43. The maximum absolute atomic E-state index is 12.5. The first kappa shape index (κ1) is 14.7. The molecule has 0 unspecified atom stereocenters. The van der Waals surface area contributed by atoms with Crippen molar-refractivity contribution in [2.24, 2.45) is 5.92 Å². The van der Waals surface area contributed by atoms with Gasteiger partial charge in [-0.25, -0.2) is 4.68 Å². The van der Waals surface area contributed by atoms with Gasteiger partial charge in [0.15, 0.2) is 0 Å². The molecular formula is C18H18N4O2. The van der Waals surface area contributed by atoms with E-state index in [4.69, 9.17) is 0 Å². The van der Waals surface area contributed by atoms with Crippen molar-refractivity contribution in [3.8, 4) is 0 Å². The third-order valence-electron chi connectivity index (χ3n) is 4.43. The van der Waals surface area contributed by atoms with Crippen LogP contribution >= 0.6 is 0 Å². The molecule has 122 valence electrons. The number of carbonyl (C=O) groups excluding carboxylic acids is 1. The summed E-state index contributed by atoms with van der Waals surface area (Å²) < 4.78 is 3.44. The normalized spacial score (nSPS) is 14.8. The van der Waals surface area contributed by atoms with Crippen molar-refractivity contribution in [1.29, 1.82) is 0 Å². The van der Waals surface area contributed by atoms with E-state index in [1.807, 2.05) is 52.9 Å². The molecule has 3 aromatic heterocycles. The molecule has 0 radical (unpaired) electrons. The molecule has 24 heavy (non-hydrogen) atoms. The monoisotopic (exact) mass is 322 g/mol. The molecule has 1 aliphatic rings. The molecule has 1 saturated heterocycles. The van der Waals surface area contributed by atoms with Crippen LogP contribution in [0.25, 0.3) is 5.52 Å². The molecule has 1 aliphatic heterocycles. The number of carbonyl (C=O) groups is 1. The highest BCUT2D eigenvalue weighted by Gasteiger charge is 2.32. The van der Waals surface area contributed by atoms with Crippen molar-refractivity contribution < 1.29 is 4.79 Å². The van der Waals surface area contributed by atoms with E-state index in [2.05, 4.69) is 5.10 Å². The minimum absolute atomic E-state index is 0.0412. The maximum Gasteiger partial charge on any atom is 0.266 e. The first-order chi connectivity index (χ1) is 11.6. The molecule has 0 aliphatic carbocycles. The summed E-state index contributed by atoms with van der Waals surface area (Å²) in [7, 11) is 0. The van der Waals surface area contributed by atoms with E-state index in [-0.39, 0.29) is 17.4 Å². The number of hydrogen-bond acceptors (Lipinski definition) is 3. The summed E-state index contributed by atoms with van der Waals surface area (Å²) in [5.74, 6) is 0.317. The van der Waals surface area contributed by atoms with E-state index < -0.39 is 0 Å². The molecule has 0 atom stereocenters. The van der Waals surface area contributed by atoms with Crippen LogP contribution in [-0.4, -0.2) is 38.1 Å². The predicted molar refractivity (Wildman–Crippen MR) is 90.0 cm³/mol. The zero-order valence-electron chi connectivity index (χ0n) is 13.4. The van der Waals surface area contributed by atoms with Gasteiger partial charge in [0.1, 0.15) is 0 Å². The van der Waals surface area contributed by atoms with Crippen LogP contribution in [0.5, 0.6) is 0 Å². The van der Waals surface area contributed by atoms with E-state index in [0.717, 1.165) is 11.2 Å². The van der Waals surface area contributed by atoms with Crippen molar-refractivity contribution in [2.45, 2.75) is 13.5 Å². The average molecular weight is 322 g/mol. The Hall–Kier alpha value is -2.89. The topological polar surface area (TPSA) is 59.6 Å². The highest BCUT2D eigenvalue weighted by atomic mass is 16.2. The van der Waals surface area contributed by atoms with Crippen LogP contribution < -0.4 is 5.56 Å². The van der Waals surface area contributed by atoms with Gasteiger partial charge in [0.25, 0.3) is 11.5 Å². The zero-order chi connectivity index (χ0) is 16.7. The largest absolute Gasteiger partial charge is 0.338 e. The smallest absolute Gasteiger partial charge is 0.266 e. The lowest BCUT2D eigenvalue weighted by Gasteiger charge is -2.39. The first-order valence-electron chi connectivity index (χ1n) is 8.01. The Morgan fingerprint density at radius 3 is 2.88 bits per heavy atom. The molecule has 0 bridgehead atoms. The molecule has 1 amide bonds. The van der Waals surface area contributed by atoms with E-state index in [1.165, 1.54) is 10.7 Å². The number of nitrogens with zero attached hydrogens (tertiary/aromatic N) is 4. The van der Waals surface area contributed by atoms with Crippen molar-refractivity contribution in [2.75, 3.05) is 13.1 Å². The van der Waals surface area contributed by atoms with Gasteiger partial charge in [-0.2, -0.15) is 5.10 Å². The standard InChI is InChI=1S/C18H18N4O2/c1-13-5-6-17(23)22(19-13)11-14-9-21(10-14)18(24)15-8-16-4-2-3-7-20(16)12-15/h2-8,12,14H,9-11H2,1H3. The summed E-state index contributed by atoms with van der Waals surface area (Å²) in [5.41, 5.74) is 2.44.